The zero-order valence-corrected chi connectivity index (χ0v) is 12.0. The van der Waals surface area contributed by atoms with Crippen molar-refractivity contribution in [3.05, 3.63) is 0 Å². The predicted octanol–water partition coefficient (Wildman–Crippen LogP) is 3.75. The van der Waals surface area contributed by atoms with E-state index in [0.29, 0.717) is 6.61 Å². The fraction of sp³-hybridized carbons (Fsp3) is 0.933. The van der Waals surface area contributed by atoms with E-state index >= 15 is 0 Å². The summed E-state index contributed by atoms with van der Waals surface area (Å²) in [5.41, 5.74) is 0. The standard InChI is InChI=1S/C15H30O3.Na.H/c1-2-3-4-5-6-7-8-9-10-11-12-13-18-14-15(16)17;;/h2-14H2,1H3,(H,16,17);;. The van der Waals surface area contributed by atoms with Crippen molar-refractivity contribution in [1.82, 2.24) is 0 Å². The van der Waals surface area contributed by atoms with Crippen LogP contribution in [-0.4, -0.2) is 53.8 Å². The van der Waals surface area contributed by atoms with Crippen LogP contribution in [-0.2, 0) is 9.53 Å². The van der Waals surface area contributed by atoms with Crippen molar-refractivity contribution in [1.29, 1.82) is 0 Å². The Labute approximate surface area is 140 Å². The van der Waals surface area contributed by atoms with Crippen molar-refractivity contribution >= 4 is 35.5 Å². The summed E-state index contributed by atoms with van der Waals surface area (Å²) >= 11 is 0. The molecule has 0 radical (unpaired) electrons. The zero-order chi connectivity index (χ0) is 13.5. The van der Waals surface area contributed by atoms with E-state index in [-0.39, 0.29) is 36.2 Å². The molecule has 0 saturated carbocycles. The van der Waals surface area contributed by atoms with Crippen LogP contribution >= 0.6 is 0 Å². The molecule has 0 aliphatic rings. The van der Waals surface area contributed by atoms with Crippen LogP contribution in [0, 0.1) is 0 Å². The Balaban J connectivity index is 0. The molecule has 0 heterocycles. The number of aliphatic carboxylic acids is 1. The van der Waals surface area contributed by atoms with Gasteiger partial charge in [0.05, 0.1) is 0 Å². The summed E-state index contributed by atoms with van der Waals surface area (Å²) in [4.78, 5) is 10.2. The number of hydrogen-bond donors (Lipinski definition) is 1. The average molecular weight is 282 g/mol. The molecule has 0 bridgehead atoms. The SMILES string of the molecule is CCCCCCCCCCCCCOCC(=O)O.[NaH]. The first-order chi connectivity index (χ1) is 8.77. The van der Waals surface area contributed by atoms with Crippen molar-refractivity contribution in [2.45, 2.75) is 77.6 Å². The predicted molar refractivity (Wildman–Crippen MR) is 82.1 cm³/mol. The fourth-order valence-corrected chi connectivity index (χ4v) is 2.03. The first kappa shape index (κ1) is 21.7. The molecule has 0 spiro atoms. The third-order valence-electron chi connectivity index (χ3n) is 3.12. The van der Waals surface area contributed by atoms with Gasteiger partial charge in [-0.15, -0.1) is 0 Å². The van der Waals surface area contributed by atoms with E-state index in [1.54, 1.807) is 0 Å². The molecule has 0 aliphatic heterocycles. The van der Waals surface area contributed by atoms with E-state index in [0.717, 1.165) is 12.8 Å². The van der Waals surface area contributed by atoms with E-state index in [9.17, 15) is 4.79 Å². The molecule has 0 aromatic heterocycles. The maximum absolute atomic E-state index is 10.2. The third-order valence-corrected chi connectivity index (χ3v) is 3.12. The Morgan fingerprint density at radius 3 is 1.68 bits per heavy atom. The first-order valence-corrected chi connectivity index (χ1v) is 7.57. The minimum absolute atomic E-state index is 0. The Bertz CT molecular complexity index is 186. The third kappa shape index (κ3) is 20.9. The van der Waals surface area contributed by atoms with E-state index in [2.05, 4.69) is 6.92 Å². The zero-order valence-electron chi connectivity index (χ0n) is 12.0. The molecular formula is C15H31NaO3. The maximum atomic E-state index is 10.2. The molecule has 0 rings (SSSR count). The summed E-state index contributed by atoms with van der Waals surface area (Å²) in [6.07, 6.45) is 14.3. The fourth-order valence-electron chi connectivity index (χ4n) is 2.03. The number of carboxylic acids is 1. The van der Waals surface area contributed by atoms with Gasteiger partial charge in [0, 0.05) is 6.61 Å². The number of hydrogen-bond acceptors (Lipinski definition) is 2. The normalized spacial score (nSPS) is 10.2. The average Bonchev–Trinajstić information content (AvgIpc) is 2.34. The van der Waals surface area contributed by atoms with Gasteiger partial charge >= 0.3 is 35.5 Å². The molecule has 0 saturated heterocycles. The molecule has 0 aliphatic carbocycles. The first-order valence-electron chi connectivity index (χ1n) is 7.57. The summed E-state index contributed by atoms with van der Waals surface area (Å²) in [7, 11) is 0. The van der Waals surface area contributed by atoms with E-state index in [4.69, 9.17) is 9.84 Å². The molecule has 4 heteroatoms. The van der Waals surface area contributed by atoms with Gasteiger partial charge in [0.15, 0.2) is 0 Å². The molecule has 0 amide bonds. The quantitative estimate of drug-likeness (QED) is 0.390. The van der Waals surface area contributed by atoms with Gasteiger partial charge in [-0.05, 0) is 6.42 Å². The molecule has 3 nitrogen and oxygen atoms in total. The van der Waals surface area contributed by atoms with Gasteiger partial charge in [0.1, 0.15) is 6.61 Å². The van der Waals surface area contributed by atoms with Crippen molar-refractivity contribution in [3.8, 4) is 0 Å². The Hall–Kier alpha value is 0.430. The van der Waals surface area contributed by atoms with E-state index < -0.39 is 5.97 Å². The van der Waals surface area contributed by atoms with Gasteiger partial charge in [-0.25, -0.2) is 4.79 Å². The number of unbranched alkanes of at least 4 members (excludes halogenated alkanes) is 10. The molecule has 110 valence electrons. The second kappa shape index (κ2) is 18.4. The topological polar surface area (TPSA) is 46.5 Å². The van der Waals surface area contributed by atoms with Crippen molar-refractivity contribution in [3.63, 3.8) is 0 Å². The number of ether oxygens (including phenoxy) is 1. The molecular weight excluding hydrogens is 251 g/mol. The van der Waals surface area contributed by atoms with E-state index in [1.807, 2.05) is 0 Å². The second-order valence-electron chi connectivity index (χ2n) is 4.98. The summed E-state index contributed by atoms with van der Waals surface area (Å²) < 4.78 is 4.98. The Morgan fingerprint density at radius 1 is 0.842 bits per heavy atom. The van der Waals surface area contributed by atoms with Gasteiger partial charge < -0.3 is 9.84 Å². The molecule has 1 N–H and O–H groups in total. The number of carbonyl (C=O) groups is 1. The molecule has 19 heavy (non-hydrogen) atoms. The van der Waals surface area contributed by atoms with Gasteiger partial charge in [-0.2, -0.15) is 0 Å². The van der Waals surface area contributed by atoms with Crippen LogP contribution < -0.4 is 0 Å². The van der Waals surface area contributed by atoms with Gasteiger partial charge in [0.25, 0.3) is 0 Å². The summed E-state index contributed by atoms with van der Waals surface area (Å²) in [6.45, 7) is 2.68. The summed E-state index contributed by atoms with van der Waals surface area (Å²) in [5, 5.41) is 8.37. The van der Waals surface area contributed by atoms with Crippen LogP contribution in [0.4, 0.5) is 0 Å². The molecule has 0 unspecified atom stereocenters. The monoisotopic (exact) mass is 282 g/mol. The van der Waals surface area contributed by atoms with Crippen LogP contribution in [0.15, 0.2) is 0 Å². The molecule has 0 aromatic carbocycles. The number of rotatable bonds is 14. The van der Waals surface area contributed by atoms with Crippen LogP contribution in [0.5, 0.6) is 0 Å². The van der Waals surface area contributed by atoms with Gasteiger partial charge in [0.2, 0.25) is 0 Å². The summed E-state index contributed by atoms with van der Waals surface area (Å²) in [6, 6.07) is 0. The van der Waals surface area contributed by atoms with Crippen molar-refractivity contribution < 1.29 is 14.6 Å². The summed E-state index contributed by atoms with van der Waals surface area (Å²) in [5.74, 6) is -0.877. The van der Waals surface area contributed by atoms with Crippen molar-refractivity contribution in [2.24, 2.45) is 0 Å². The molecule has 0 fully saturated rings. The van der Waals surface area contributed by atoms with Crippen LogP contribution in [0.1, 0.15) is 77.6 Å². The van der Waals surface area contributed by atoms with E-state index in [1.165, 1.54) is 57.8 Å². The molecule has 0 atom stereocenters. The van der Waals surface area contributed by atoms with Crippen molar-refractivity contribution in [2.75, 3.05) is 13.2 Å². The minimum atomic E-state index is -0.877. The molecule has 0 aromatic rings. The van der Waals surface area contributed by atoms with Crippen LogP contribution in [0.25, 0.3) is 0 Å². The van der Waals surface area contributed by atoms with Crippen LogP contribution in [0.3, 0.4) is 0 Å². The Morgan fingerprint density at radius 2 is 1.26 bits per heavy atom. The Kier molecular flexibility index (Phi) is 21.1. The van der Waals surface area contributed by atoms with Gasteiger partial charge in [-0.1, -0.05) is 71.1 Å². The van der Waals surface area contributed by atoms with Crippen LogP contribution in [0.2, 0.25) is 0 Å². The van der Waals surface area contributed by atoms with Gasteiger partial charge in [-0.3, -0.25) is 0 Å². The second-order valence-corrected chi connectivity index (χ2v) is 4.98. The number of carboxylic acid groups (broad SMARTS) is 1.